The summed E-state index contributed by atoms with van der Waals surface area (Å²) in [6, 6.07) is 5.16. The standard InChI is InChI=1S/C14H19N3O3S2/c1-5-17(14(21)15-4)13(18)10(3)11-7-6-9(2)12(8-11)16-22(19)20/h6-8,10H,5H2,1-4H3,(H,15,21). The Labute approximate surface area is 137 Å². The minimum absolute atomic E-state index is 0.153. The molecule has 0 heterocycles. The second-order valence-electron chi connectivity index (χ2n) is 4.71. The predicted molar refractivity (Wildman–Crippen MR) is 89.6 cm³/mol. The van der Waals surface area contributed by atoms with Crippen molar-refractivity contribution < 1.29 is 13.2 Å². The maximum absolute atomic E-state index is 12.5. The number of hydrogen-bond acceptors (Lipinski definition) is 5. The van der Waals surface area contributed by atoms with Gasteiger partial charge in [-0.05, 0) is 50.2 Å². The summed E-state index contributed by atoms with van der Waals surface area (Å²) in [5, 5.41) is 3.14. The van der Waals surface area contributed by atoms with Gasteiger partial charge in [0.15, 0.2) is 5.11 Å². The van der Waals surface area contributed by atoms with Crippen LogP contribution in [0.2, 0.25) is 0 Å². The Morgan fingerprint density at radius 3 is 2.59 bits per heavy atom. The number of rotatable bonds is 4. The molecule has 6 nitrogen and oxygen atoms in total. The summed E-state index contributed by atoms with van der Waals surface area (Å²) in [5.74, 6) is -0.610. The highest BCUT2D eigenvalue weighted by atomic mass is 32.2. The molecule has 0 fully saturated rings. The van der Waals surface area contributed by atoms with Gasteiger partial charge in [0.25, 0.3) is 0 Å². The van der Waals surface area contributed by atoms with Crippen molar-refractivity contribution in [2.24, 2.45) is 4.36 Å². The smallest absolute Gasteiger partial charge is 0.316 e. The lowest BCUT2D eigenvalue weighted by molar-refractivity contribution is -0.128. The Bertz CT molecular complexity index is 706. The van der Waals surface area contributed by atoms with E-state index in [2.05, 4.69) is 9.68 Å². The molecule has 0 aliphatic rings. The fraction of sp³-hybridized carbons (Fsp3) is 0.429. The summed E-state index contributed by atoms with van der Waals surface area (Å²) in [4.78, 5) is 14.0. The average Bonchev–Trinajstić information content (AvgIpc) is 2.48. The molecule has 1 aromatic carbocycles. The van der Waals surface area contributed by atoms with Crippen molar-refractivity contribution in [2.45, 2.75) is 26.7 Å². The number of aryl methyl sites for hydroxylation is 1. The van der Waals surface area contributed by atoms with Gasteiger partial charge in [-0.3, -0.25) is 9.69 Å². The molecule has 1 aromatic rings. The van der Waals surface area contributed by atoms with Crippen molar-refractivity contribution in [3.63, 3.8) is 0 Å². The van der Waals surface area contributed by atoms with E-state index in [1.807, 2.05) is 6.92 Å². The van der Waals surface area contributed by atoms with E-state index in [-0.39, 0.29) is 5.91 Å². The SMILES string of the molecule is CCN(C(=O)C(C)c1ccc(C)c(N=S(=O)=O)c1)C(=S)NC. The van der Waals surface area contributed by atoms with Crippen molar-refractivity contribution in [1.82, 2.24) is 10.2 Å². The van der Waals surface area contributed by atoms with Crippen LogP contribution in [0.4, 0.5) is 5.69 Å². The Kier molecular flexibility index (Phi) is 6.63. The lowest BCUT2D eigenvalue weighted by Gasteiger charge is -2.25. The minimum Gasteiger partial charge on any atom is -0.365 e. The molecule has 1 unspecified atom stereocenters. The molecule has 0 saturated carbocycles. The van der Waals surface area contributed by atoms with E-state index in [0.717, 1.165) is 5.56 Å². The normalized spacial score (nSPS) is 11.5. The molecule has 0 spiro atoms. The molecule has 0 radical (unpaired) electrons. The second-order valence-corrected chi connectivity index (χ2v) is 5.72. The molecule has 1 N–H and O–H groups in total. The van der Waals surface area contributed by atoms with Crippen LogP contribution in [0.1, 0.15) is 30.9 Å². The van der Waals surface area contributed by atoms with Crippen LogP contribution in [0.15, 0.2) is 22.6 Å². The van der Waals surface area contributed by atoms with Crippen LogP contribution >= 0.6 is 12.2 Å². The largest absolute Gasteiger partial charge is 0.365 e. The lowest BCUT2D eigenvalue weighted by Crippen LogP contribution is -2.43. The van der Waals surface area contributed by atoms with E-state index in [9.17, 15) is 13.2 Å². The fourth-order valence-electron chi connectivity index (χ4n) is 1.99. The van der Waals surface area contributed by atoms with Crippen LogP contribution in [-0.4, -0.2) is 37.9 Å². The minimum atomic E-state index is -2.53. The third kappa shape index (κ3) is 4.35. The Morgan fingerprint density at radius 1 is 1.45 bits per heavy atom. The second kappa shape index (κ2) is 8.00. The maximum atomic E-state index is 12.5. The first-order chi connectivity index (χ1) is 10.3. The first-order valence-corrected chi connectivity index (χ1v) is 8.20. The van der Waals surface area contributed by atoms with Crippen molar-refractivity contribution >= 4 is 39.4 Å². The number of nitrogens with one attached hydrogen (secondary N) is 1. The van der Waals surface area contributed by atoms with Gasteiger partial charge in [0.05, 0.1) is 11.6 Å². The third-order valence-corrected chi connectivity index (χ3v) is 4.09. The molecule has 1 amide bonds. The summed E-state index contributed by atoms with van der Waals surface area (Å²) >= 11 is 5.12. The first-order valence-electron chi connectivity index (χ1n) is 6.76. The molecular weight excluding hydrogens is 322 g/mol. The molecule has 22 heavy (non-hydrogen) atoms. The summed E-state index contributed by atoms with van der Waals surface area (Å²) < 4.78 is 25.0. The summed E-state index contributed by atoms with van der Waals surface area (Å²) in [7, 11) is -0.867. The number of carbonyl (C=O) groups is 1. The number of hydrogen-bond donors (Lipinski definition) is 1. The van der Waals surface area contributed by atoms with E-state index in [4.69, 9.17) is 12.2 Å². The van der Waals surface area contributed by atoms with Crippen molar-refractivity contribution in [3.05, 3.63) is 29.3 Å². The van der Waals surface area contributed by atoms with Gasteiger partial charge in [0, 0.05) is 13.6 Å². The lowest BCUT2D eigenvalue weighted by atomic mass is 9.97. The fourth-order valence-corrected chi connectivity index (χ4v) is 2.56. The number of thiocarbonyl (C=S) groups is 1. The van der Waals surface area contributed by atoms with Gasteiger partial charge < -0.3 is 5.32 Å². The molecule has 0 aromatic heterocycles. The Hall–Kier alpha value is -1.80. The van der Waals surface area contributed by atoms with E-state index >= 15 is 0 Å². The molecule has 1 atom stereocenters. The van der Waals surface area contributed by atoms with Gasteiger partial charge >= 0.3 is 10.5 Å². The van der Waals surface area contributed by atoms with Crippen LogP contribution in [0, 0.1) is 6.92 Å². The molecule has 120 valence electrons. The highest BCUT2D eigenvalue weighted by Gasteiger charge is 2.23. The number of amides is 1. The van der Waals surface area contributed by atoms with Gasteiger partial charge in [-0.25, -0.2) is 0 Å². The van der Waals surface area contributed by atoms with E-state index in [0.29, 0.717) is 22.9 Å². The van der Waals surface area contributed by atoms with Crippen LogP contribution in [0.5, 0.6) is 0 Å². The van der Waals surface area contributed by atoms with E-state index < -0.39 is 16.4 Å². The quantitative estimate of drug-likeness (QED) is 0.849. The van der Waals surface area contributed by atoms with Crippen LogP contribution in [0.3, 0.4) is 0 Å². The van der Waals surface area contributed by atoms with Crippen LogP contribution in [0.25, 0.3) is 0 Å². The number of carbonyl (C=O) groups excluding carboxylic acids is 1. The zero-order valence-electron chi connectivity index (χ0n) is 13.0. The predicted octanol–water partition coefficient (Wildman–Crippen LogP) is 2.15. The highest BCUT2D eigenvalue weighted by molar-refractivity contribution is 7.80. The topological polar surface area (TPSA) is 78.8 Å². The number of nitrogens with zero attached hydrogens (tertiary/aromatic N) is 2. The Balaban J connectivity index is 3.17. The van der Waals surface area contributed by atoms with Gasteiger partial charge in [-0.1, -0.05) is 12.1 Å². The van der Waals surface area contributed by atoms with E-state index in [1.165, 1.54) is 4.90 Å². The molecule has 0 aliphatic heterocycles. The Morgan fingerprint density at radius 2 is 2.09 bits per heavy atom. The molecule has 1 rings (SSSR count). The van der Waals surface area contributed by atoms with Gasteiger partial charge in [-0.15, -0.1) is 4.36 Å². The molecule has 0 saturated heterocycles. The average molecular weight is 341 g/mol. The zero-order valence-corrected chi connectivity index (χ0v) is 14.6. The first kappa shape index (κ1) is 18.2. The van der Waals surface area contributed by atoms with Crippen molar-refractivity contribution in [1.29, 1.82) is 0 Å². The number of benzene rings is 1. The summed E-state index contributed by atoms with van der Waals surface area (Å²) in [6.45, 7) is 5.81. The van der Waals surface area contributed by atoms with Crippen LogP contribution in [-0.2, 0) is 15.3 Å². The molecule has 8 heteroatoms. The zero-order chi connectivity index (χ0) is 16.9. The van der Waals surface area contributed by atoms with Gasteiger partial charge in [0.1, 0.15) is 0 Å². The number of likely N-dealkylation sites (N-methyl/N-ethyl adjacent to an activating group) is 1. The third-order valence-electron chi connectivity index (χ3n) is 3.32. The summed E-state index contributed by atoms with van der Waals surface area (Å²) in [5.41, 5.74) is 1.76. The van der Waals surface area contributed by atoms with E-state index in [1.54, 1.807) is 39.1 Å². The molecule has 0 bridgehead atoms. The highest BCUT2D eigenvalue weighted by Crippen LogP contribution is 2.26. The van der Waals surface area contributed by atoms with Gasteiger partial charge in [-0.2, -0.15) is 8.42 Å². The van der Waals surface area contributed by atoms with Crippen molar-refractivity contribution in [3.8, 4) is 0 Å². The molecular formula is C14H19N3O3S2. The van der Waals surface area contributed by atoms with Gasteiger partial charge in [0.2, 0.25) is 5.91 Å². The van der Waals surface area contributed by atoms with Crippen LogP contribution < -0.4 is 5.32 Å². The summed E-state index contributed by atoms with van der Waals surface area (Å²) in [6.07, 6.45) is 0. The van der Waals surface area contributed by atoms with Crippen molar-refractivity contribution in [2.75, 3.05) is 13.6 Å². The monoisotopic (exact) mass is 341 g/mol. The maximum Gasteiger partial charge on any atom is 0.316 e. The molecule has 0 aliphatic carbocycles.